The Hall–Kier alpha value is 0.531. The molecule has 0 heterocycles. The first-order chi connectivity index (χ1) is 19.1. The summed E-state index contributed by atoms with van der Waals surface area (Å²) in [5, 5.41) is 0. The fourth-order valence-corrected chi connectivity index (χ4v) is 14.5. The van der Waals surface area contributed by atoms with Crippen molar-refractivity contribution < 1.29 is 13.3 Å². The summed E-state index contributed by atoms with van der Waals surface area (Å²) < 4.78 is 21.5. The van der Waals surface area contributed by atoms with Crippen LogP contribution in [0.4, 0.5) is 0 Å². The molecule has 42 heavy (non-hydrogen) atoms. The molecule has 4 fully saturated rings. The second kappa shape index (κ2) is 12.6. The van der Waals surface area contributed by atoms with E-state index in [2.05, 4.69) is 93.5 Å². The molecule has 0 aromatic rings. The van der Waals surface area contributed by atoms with E-state index < -0.39 is 25.0 Å². The van der Waals surface area contributed by atoms with Crippen LogP contribution in [0.3, 0.4) is 0 Å². The van der Waals surface area contributed by atoms with Gasteiger partial charge in [-0.15, -0.1) is 0 Å². The lowest BCUT2D eigenvalue weighted by molar-refractivity contribution is -0.199. The van der Waals surface area contributed by atoms with Crippen LogP contribution in [0.1, 0.15) is 98.8 Å². The molecule has 3 nitrogen and oxygen atoms in total. The van der Waals surface area contributed by atoms with Crippen molar-refractivity contribution in [2.24, 2.45) is 52.3 Å². The molecular weight excluding hydrogens is 565 g/mol. The van der Waals surface area contributed by atoms with Crippen LogP contribution in [0.15, 0.2) is 0 Å². The zero-order chi connectivity index (χ0) is 31.5. The van der Waals surface area contributed by atoms with Crippen LogP contribution in [0, 0.1) is 52.3 Å². The molecule has 4 saturated carbocycles. The smallest absolute Gasteiger partial charge is 0.184 e. The summed E-state index contributed by atoms with van der Waals surface area (Å²) in [6, 6.07) is 0. The maximum Gasteiger partial charge on any atom is 0.184 e. The van der Waals surface area contributed by atoms with Crippen molar-refractivity contribution in [1.82, 2.24) is 0 Å². The second-order valence-corrected chi connectivity index (χ2v) is 32.8. The highest BCUT2D eigenvalue weighted by atomic mass is 28.4. The van der Waals surface area contributed by atoms with E-state index >= 15 is 0 Å². The minimum Gasteiger partial charge on any atom is -0.415 e. The van der Waals surface area contributed by atoms with E-state index in [1.54, 1.807) is 0 Å². The minimum absolute atomic E-state index is 0.265. The molecule has 0 saturated heterocycles. The van der Waals surface area contributed by atoms with Crippen LogP contribution in [0.2, 0.25) is 58.9 Å². The highest BCUT2D eigenvalue weighted by Crippen LogP contribution is 2.69. The van der Waals surface area contributed by atoms with Crippen molar-refractivity contribution >= 4 is 25.0 Å². The van der Waals surface area contributed by atoms with Gasteiger partial charge in [0, 0.05) is 12.2 Å². The molecular formula is C36H72O3Si3. The third kappa shape index (κ3) is 7.73. The normalized spacial score (nSPS) is 41.8. The molecule has 4 aliphatic rings. The van der Waals surface area contributed by atoms with Gasteiger partial charge in [-0.05, 0) is 156 Å². The number of rotatable bonds is 11. The molecule has 4 unspecified atom stereocenters. The third-order valence-electron chi connectivity index (χ3n) is 12.4. The van der Waals surface area contributed by atoms with Crippen LogP contribution in [-0.2, 0) is 13.3 Å². The Bertz CT molecular complexity index is 904. The average molecular weight is 637 g/mol. The minimum atomic E-state index is -1.71. The van der Waals surface area contributed by atoms with Crippen LogP contribution < -0.4 is 0 Å². The number of hydrogen-bond donors (Lipinski definition) is 0. The van der Waals surface area contributed by atoms with Gasteiger partial charge in [-0.25, -0.2) is 0 Å². The molecule has 11 atom stereocenters. The average Bonchev–Trinajstić information content (AvgIpc) is 3.15. The van der Waals surface area contributed by atoms with Gasteiger partial charge in [0.25, 0.3) is 0 Å². The zero-order valence-electron chi connectivity index (χ0n) is 30.6. The first-order valence-electron chi connectivity index (χ1n) is 18.2. The third-order valence-corrected chi connectivity index (χ3v) is 15.4. The van der Waals surface area contributed by atoms with Crippen molar-refractivity contribution in [3.8, 4) is 0 Å². The first-order valence-corrected chi connectivity index (χ1v) is 28.4. The molecule has 0 radical (unpaired) electrons. The fourth-order valence-electron chi connectivity index (χ4n) is 10.9. The summed E-state index contributed by atoms with van der Waals surface area (Å²) in [5.41, 5.74) is 0.647. The maximum atomic E-state index is 7.40. The van der Waals surface area contributed by atoms with Gasteiger partial charge < -0.3 is 13.3 Å². The summed E-state index contributed by atoms with van der Waals surface area (Å²) in [7, 11) is -4.97. The van der Waals surface area contributed by atoms with E-state index in [9.17, 15) is 0 Å². The molecule has 0 bridgehead atoms. The van der Waals surface area contributed by atoms with Crippen LogP contribution in [0.5, 0.6) is 0 Å². The Morgan fingerprint density at radius 1 is 0.690 bits per heavy atom. The predicted molar refractivity (Wildman–Crippen MR) is 188 cm³/mol. The summed E-state index contributed by atoms with van der Waals surface area (Å²) in [6.45, 7) is 34.5. The molecule has 0 amide bonds. The van der Waals surface area contributed by atoms with E-state index in [0.29, 0.717) is 41.5 Å². The predicted octanol–water partition coefficient (Wildman–Crippen LogP) is 11.0. The Morgan fingerprint density at radius 3 is 1.88 bits per heavy atom. The Balaban J connectivity index is 1.71. The highest BCUT2D eigenvalue weighted by Gasteiger charge is 2.67. The lowest BCUT2D eigenvalue weighted by atomic mass is 9.43. The van der Waals surface area contributed by atoms with E-state index in [4.69, 9.17) is 13.3 Å². The molecule has 246 valence electrons. The van der Waals surface area contributed by atoms with Gasteiger partial charge in [-0.3, -0.25) is 0 Å². The lowest BCUT2D eigenvalue weighted by Crippen LogP contribution is -2.64. The van der Waals surface area contributed by atoms with E-state index in [-0.39, 0.29) is 5.41 Å². The zero-order valence-corrected chi connectivity index (χ0v) is 33.6. The van der Waals surface area contributed by atoms with Crippen molar-refractivity contribution in [3.63, 3.8) is 0 Å². The van der Waals surface area contributed by atoms with Crippen LogP contribution >= 0.6 is 0 Å². The van der Waals surface area contributed by atoms with Crippen molar-refractivity contribution in [2.75, 3.05) is 0 Å². The van der Waals surface area contributed by atoms with Gasteiger partial charge in [0.15, 0.2) is 25.0 Å². The Labute approximate surface area is 265 Å². The van der Waals surface area contributed by atoms with Crippen molar-refractivity contribution in [1.29, 1.82) is 0 Å². The summed E-state index contributed by atoms with van der Waals surface area (Å²) >= 11 is 0. The molecule has 6 heteroatoms. The largest absolute Gasteiger partial charge is 0.415 e. The van der Waals surface area contributed by atoms with E-state index in [1.807, 2.05) is 0 Å². The monoisotopic (exact) mass is 636 g/mol. The second-order valence-electron chi connectivity index (χ2n) is 19.4. The SMILES string of the molecule is CC(C)CCCC(C)[C@H]1CCC2C3C(C[C@H](O[Si](C)(C)C)[C@@]21C)[C@@]1(C)CC[C@@H](O[Si](C)(C)C)C[C@H]1C[C@@H]3O[Si](C)(C)C. The Morgan fingerprint density at radius 2 is 1.31 bits per heavy atom. The number of fused-ring (bicyclic) bond motifs is 5. The summed E-state index contributed by atoms with van der Waals surface area (Å²) in [6.07, 6.45) is 14.5. The standard InChI is InChI=1S/C36H72O3Si3/c1-25(2)16-15-17-26(3)29-18-19-30-34-31(24-33(36(29,30)5)39-42(12,13)14)35(4)21-20-28(37-40(6,7)8)22-27(35)23-32(34)38-41(9,10)11/h25-34H,15-24H2,1-14H3/t26?,27-,28+,29+,30?,31?,32-,33-,34?,35-,36+/m0/s1. The van der Waals surface area contributed by atoms with Gasteiger partial charge in [-0.1, -0.05) is 53.9 Å². The van der Waals surface area contributed by atoms with Gasteiger partial charge in [-0.2, -0.15) is 0 Å². The number of hydrogen-bond acceptors (Lipinski definition) is 3. The lowest BCUT2D eigenvalue weighted by Gasteiger charge is -2.66. The molecule has 4 rings (SSSR count). The Kier molecular flexibility index (Phi) is 10.6. The van der Waals surface area contributed by atoms with Crippen LogP contribution in [0.25, 0.3) is 0 Å². The quantitative estimate of drug-likeness (QED) is 0.211. The molecule has 0 aliphatic heterocycles. The topological polar surface area (TPSA) is 27.7 Å². The molecule has 0 spiro atoms. The molecule has 0 aromatic carbocycles. The molecule has 0 N–H and O–H groups in total. The molecule has 4 aliphatic carbocycles. The summed E-state index contributed by atoms with van der Waals surface area (Å²) in [5.74, 6) is 5.19. The van der Waals surface area contributed by atoms with Gasteiger partial charge >= 0.3 is 0 Å². The van der Waals surface area contributed by atoms with E-state index in [0.717, 1.165) is 23.7 Å². The fraction of sp³-hybridized carbons (Fsp3) is 1.00. The van der Waals surface area contributed by atoms with Crippen molar-refractivity contribution in [3.05, 3.63) is 0 Å². The van der Waals surface area contributed by atoms with E-state index in [1.165, 1.54) is 64.2 Å². The first kappa shape index (κ1) is 35.4. The van der Waals surface area contributed by atoms with Gasteiger partial charge in [0.1, 0.15) is 0 Å². The summed E-state index contributed by atoms with van der Waals surface area (Å²) in [4.78, 5) is 0. The molecule has 0 aromatic heterocycles. The van der Waals surface area contributed by atoms with Crippen molar-refractivity contribution in [2.45, 2.75) is 176 Å². The maximum absolute atomic E-state index is 7.40. The van der Waals surface area contributed by atoms with Gasteiger partial charge in [0.2, 0.25) is 0 Å². The highest BCUT2D eigenvalue weighted by molar-refractivity contribution is 6.70. The van der Waals surface area contributed by atoms with Crippen LogP contribution in [-0.4, -0.2) is 43.3 Å². The van der Waals surface area contributed by atoms with Gasteiger partial charge in [0.05, 0.1) is 6.10 Å².